The fraction of sp³-hybridized carbons (Fsp3) is 0.714. The fourth-order valence-electron chi connectivity index (χ4n) is 1.21. The van der Waals surface area contributed by atoms with Crippen LogP contribution >= 0.6 is 12.2 Å². The highest BCUT2D eigenvalue weighted by Crippen LogP contribution is 2.20. The summed E-state index contributed by atoms with van der Waals surface area (Å²) in [6, 6.07) is 0. The number of hydrogen-bond donors (Lipinski definition) is 0. The van der Waals surface area contributed by atoms with Crippen LogP contribution in [0.15, 0.2) is 0 Å². The number of carbonyl (C=O) groups is 1. The Morgan fingerprint density at radius 2 is 1.71 bits per heavy atom. The van der Waals surface area contributed by atoms with Crippen LogP contribution in [-0.2, 0) is 4.79 Å². The first-order chi connectivity index (χ1) is 6.45. The largest absolute Gasteiger partial charge is 0.441 e. The van der Waals surface area contributed by atoms with Gasteiger partial charge in [-0.3, -0.25) is 4.79 Å². The van der Waals surface area contributed by atoms with E-state index in [9.17, 15) is 18.0 Å². The van der Waals surface area contributed by atoms with Crippen LogP contribution in [0.5, 0.6) is 0 Å². The predicted molar refractivity (Wildman–Crippen MR) is 47.9 cm³/mol. The summed E-state index contributed by atoms with van der Waals surface area (Å²) in [5.41, 5.74) is 0. The maximum absolute atomic E-state index is 12.1. The Kier molecular flexibility index (Phi) is 3.30. The van der Waals surface area contributed by atoms with Crippen molar-refractivity contribution in [3.8, 4) is 0 Å². The molecule has 1 saturated heterocycles. The lowest BCUT2D eigenvalue weighted by atomic mass is 10.3. The van der Waals surface area contributed by atoms with E-state index >= 15 is 0 Å². The number of thiocarbonyl (C=S) groups is 1. The molecule has 1 aliphatic heterocycles. The molecule has 0 aromatic carbocycles. The normalized spacial score (nSPS) is 18.2. The molecule has 0 saturated carbocycles. The van der Waals surface area contributed by atoms with Crippen LogP contribution in [0.4, 0.5) is 13.2 Å². The van der Waals surface area contributed by atoms with Crippen LogP contribution in [0.3, 0.4) is 0 Å². The fourth-order valence-corrected chi connectivity index (χ4v) is 1.39. The van der Waals surface area contributed by atoms with Crippen molar-refractivity contribution in [2.45, 2.75) is 6.18 Å². The van der Waals surface area contributed by atoms with Gasteiger partial charge in [0.15, 0.2) is 4.99 Å². The zero-order valence-corrected chi connectivity index (χ0v) is 8.07. The molecule has 1 amide bonds. The zero-order valence-electron chi connectivity index (χ0n) is 7.25. The number of rotatable bonds is 1. The van der Waals surface area contributed by atoms with Crippen LogP contribution < -0.4 is 0 Å². The third-order valence-corrected chi connectivity index (χ3v) is 2.48. The first-order valence-electron chi connectivity index (χ1n) is 4.00. The molecule has 0 spiro atoms. The average molecular weight is 226 g/mol. The number of amides is 1. The Hall–Kier alpha value is -0.850. The van der Waals surface area contributed by atoms with E-state index < -0.39 is 11.2 Å². The monoisotopic (exact) mass is 226 g/mol. The number of carbonyl (C=O) groups excluding carboxylic acids is 1. The molecule has 7 heteroatoms. The van der Waals surface area contributed by atoms with E-state index in [1.54, 1.807) is 0 Å². The molecule has 1 aliphatic rings. The Morgan fingerprint density at radius 3 is 2.07 bits per heavy atom. The third kappa shape index (κ3) is 2.57. The highest BCUT2D eigenvalue weighted by atomic mass is 32.1. The van der Waals surface area contributed by atoms with Gasteiger partial charge in [0.2, 0.25) is 6.41 Å². The predicted octanol–water partition coefficient (Wildman–Crippen LogP) is 0.650. The zero-order chi connectivity index (χ0) is 10.8. The Balaban J connectivity index is 2.50. The Labute approximate surface area is 84.5 Å². The highest BCUT2D eigenvalue weighted by Gasteiger charge is 2.38. The van der Waals surface area contributed by atoms with Gasteiger partial charge in [-0.1, -0.05) is 12.2 Å². The first kappa shape index (κ1) is 11.2. The lowest BCUT2D eigenvalue weighted by Crippen LogP contribution is -2.51. The molecule has 0 radical (unpaired) electrons. The minimum absolute atomic E-state index is 0.150. The van der Waals surface area contributed by atoms with E-state index in [1.165, 1.54) is 4.90 Å². The van der Waals surface area contributed by atoms with Crippen molar-refractivity contribution in [3.63, 3.8) is 0 Å². The first-order valence-corrected chi connectivity index (χ1v) is 4.41. The van der Waals surface area contributed by atoms with E-state index in [0.717, 1.165) is 4.90 Å². The standard InChI is InChI=1S/C7H9F3N2OS/c8-7(9,10)6(14)12-3-1-11(5-13)2-4-12/h5H,1-4H2. The van der Waals surface area contributed by atoms with Gasteiger partial charge >= 0.3 is 6.18 Å². The smallest absolute Gasteiger partial charge is 0.355 e. The van der Waals surface area contributed by atoms with Crippen molar-refractivity contribution < 1.29 is 18.0 Å². The molecule has 0 aromatic rings. The summed E-state index contributed by atoms with van der Waals surface area (Å²) in [7, 11) is 0. The van der Waals surface area contributed by atoms with Gasteiger partial charge < -0.3 is 9.80 Å². The lowest BCUT2D eigenvalue weighted by Gasteiger charge is -2.34. The number of piperazine rings is 1. The molecule has 0 N–H and O–H groups in total. The van der Waals surface area contributed by atoms with Crippen LogP contribution in [0.25, 0.3) is 0 Å². The van der Waals surface area contributed by atoms with Gasteiger partial charge in [0, 0.05) is 26.2 Å². The van der Waals surface area contributed by atoms with Crippen molar-refractivity contribution >= 4 is 23.6 Å². The minimum atomic E-state index is -4.45. The van der Waals surface area contributed by atoms with Gasteiger partial charge in [-0.25, -0.2) is 0 Å². The SMILES string of the molecule is O=CN1CCN(C(=S)C(F)(F)F)CC1. The molecule has 3 nitrogen and oxygen atoms in total. The van der Waals surface area contributed by atoms with Gasteiger partial charge in [-0.05, 0) is 0 Å². The third-order valence-electron chi connectivity index (χ3n) is 1.99. The molecule has 14 heavy (non-hydrogen) atoms. The molecule has 1 heterocycles. The lowest BCUT2D eigenvalue weighted by molar-refractivity contribution is -0.119. The molecule has 1 fully saturated rings. The van der Waals surface area contributed by atoms with Gasteiger partial charge in [0.1, 0.15) is 0 Å². The van der Waals surface area contributed by atoms with E-state index in [4.69, 9.17) is 0 Å². The molecular weight excluding hydrogens is 217 g/mol. The van der Waals surface area contributed by atoms with Gasteiger partial charge in [-0.15, -0.1) is 0 Å². The number of hydrogen-bond acceptors (Lipinski definition) is 2. The maximum Gasteiger partial charge on any atom is 0.441 e. The van der Waals surface area contributed by atoms with E-state index in [2.05, 4.69) is 12.2 Å². The van der Waals surface area contributed by atoms with Crippen molar-refractivity contribution in [2.24, 2.45) is 0 Å². The molecule has 0 aliphatic carbocycles. The van der Waals surface area contributed by atoms with Crippen LogP contribution in [0.1, 0.15) is 0 Å². The number of halogens is 3. The Morgan fingerprint density at radius 1 is 1.21 bits per heavy atom. The average Bonchev–Trinajstić information content (AvgIpc) is 2.15. The van der Waals surface area contributed by atoms with Crippen molar-refractivity contribution in [2.75, 3.05) is 26.2 Å². The molecule has 0 aromatic heterocycles. The van der Waals surface area contributed by atoms with E-state index in [0.29, 0.717) is 19.5 Å². The van der Waals surface area contributed by atoms with Crippen molar-refractivity contribution in [1.82, 2.24) is 9.80 Å². The van der Waals surface area contributed by atoms with Crippen LogP contribution in [0, 0.1) is 0 Å². The van der Waals surface area contributed by atoms with Gasteiger partial charge in [0.05, 0.1) is 0 Å². The summed E-state index contributed by atoms with van der Waals surface area (Å²) in [6.45, 7) is 0.883. The maximum atomic E-state index is 12.1. The molecular formula is C7H9F3N2OS. The van der Waals surface area contributed by atoms with Crippen molar-refractivity contribution in [1.29, 1.82) is 0 Å². The molecule has 80 valence electrons. The van der Waals surface area contributed by atoms with Gasteiger partial charge in [0.25, 0.3) is 0 Å². The second-order valence-corrected chi connectivity index (χ2v) is 3.32. The molecule has 0 atom stereocenters. The van der Waals surface area contributed by atoms with Crippen molar-refractivity contribution in [3.05, 3.63) is 0 Å². The summed E-state index contributed by atoms with van der Waals surface area (Å²) in [5, 5.41) is 0. The minimum Gasteiger partial charge on any atom is -0.355 e. The van der Waals surface area contributed by atoms with Gasteiger partial charge in [-0.2, -0.15) is 13.2 Å². The van der Waals surface area contributed by atoms with Crippen LogP contribution in [-0.4, -0.2) is 53.6 Å². The number of alkyl halides is 3. The quantitative estimate of drug-likeness (QED) is 0.484. The summed E-state index contributed by atoms with van der Waals surface area (Å²) in [5.74, 6) is 0. The number of nitrogens with zero attached hydrogens (tertiary/aromatic N) is 2. The molecule has 0 unspecified atom stereocenters. The highest BCUT2D eigenvalue weighted by molar-refractivity contribution is 7.80. The van der Waals surface area contributed by atoms with E-state index in [-0.39, 0.29) is 13.1 Å². The second-order valence-electron chi connectivity index (χ2n) is 2.93. The topological polar surface area (TPSA) is 23.6 Å². The van der Waals surface area contributed by atoms with E-state index in [1.807, 2.05) is 0 Å². The summed E-state index contributed by atoms with van der Waals surface area (Å²) < 4.78 is 36.4. The Bertz CT molecular complexity index is 236. The molecule has 1 rings (SSSR count). The second kappa shape index (κ2) is 4.12. The molecule has 0 bridgehead atoms. The van der Waals surface area contributed by atoms with Crippen LogP contribution in [0.2, 0.25) is 0 Å². The summed E-state index contributed by atoms with van der Waals surface area (Å²) in [6.07, 6.45) is -3.81. The summed E-state index contributed by atoms with van der Waals surface area (Å²) in [4.78, 5) is 11.8. The summed E-state index contributed by atoms with van der Waals surface area (Å²) >= 11 is 4.28.